The monoisotopic (exact) mass is 430 g/mol. The third kappa shape index (κ3) is 4.54. The third-order valence-corrected chi connectivity index (χ3v) is 4.67. The Morgan fingerprint density at radius 1 is 1.18 bits per heavy atom. The molecule has 0 fully saturated rings. The fourth-order valence-corrected chi connectivity index (χ4v) is 3.23. The zero-order chi connectivity index (χ0) is 19.8. The first-order chi connectivity index (χ1) is 12.7. The van der Waals surface area contributed by atoms with E-state index in [1.165, 1.54) is 4.68 Å². The van der Waals surface area contributed by atoms with Gasteiger partial charge in [-0.15, -0.1) is 5.11 Å². The quantitative estimate of drug-likeness (QED) is 0.337. The molecule has 0 aliphatic heterocycles. The molecule has 9 nitrogen and oxygen atoms in total. The van der Waals surface area contributed by atoms with Gasteiger partial charge in [0.25, 0.3) is 15.7 Å². The number of para-hydroxylation sites is 1. The maximum Gasteiger partial charge on any atom is 1.00 e. The van der Waals surface area contributed by atoms with E-state index in [1.807, 2.05) is 0 Å². The van der Waals surface area contributed by atoms with Crippen LogP contribution in [0.15, 0.2) is 62.4 Å². The Balaban J connectivity index is 0.00000280. The normalized spacial score (nSPS) is 11.5. The summed E-state index contributed by atoms with van der Waals surface area (Å²) in [6.45, 7) is 1.59. The van der Waals surface area contributed by atoms with Gasteiger partial charge in [0, 0.05) is 5.02 Å². The van der Waals surface area contributed by atoms with Gasteiger partial charge in [-0.05, 0) is 31.2 Å². The summed E-state index contributed by atoms with van der Waals surface area (Å²) in [6.07, 6.45) is 0. The Bertz CT molecular complexity index is 1210. The van der Waals surface area contributed by atoms with Gasteiger partial charge in [-0.3, -0.25) is 14.4 Å². The van der Waals surface area contributed by atoms with Gasteiger partial charge >= 0.3 is 29.6 Å². The summed E-state index contributed by atoms with van der Waals surface area (Å²) in [5, 5.41) is 22.3. The molecular weight excluding hydrogens is 419 g/mol. The van der Waals surface area contributed by atoms with Crippen molar-refractivity contribution >= 4 is 33.1 Å². The summed E-state index contributed by atoms with van der Waals surface area (Å²) < 4.78 is 32.9. The average Bonchev–Trinajstić information content (AvgIpc) is 2.89. The van der Waals surface area contributed by atoms with Crippen LogP contribution in [0.2, 0.25) is 5.02 Å². The Hall–Kier alpha value is -1.95. The first kappa shape index (κ1) is 22.3. The van der Waals surface area contributed by atoms with E-state index < -0.39 is 32.0 Å². The van der Waals surface area contributed by atoms with E-state index in [9.17, 15) is 18.3 Å². The molecule has 2 N–H and O–H groups in total. The van der Waals surface area contributed by atoms with Crippen molar-refractivity contribution in [2.45, 2.75) is 11.8 Å². The Morgan fingerprint density at radius 2 is 1.82 bits per heavy atom. The Kier molecular flexibility index (Phi) is 6.86. The van der Waals surface area contributed by atoms with Gasteiger partial charge in [0.1, 0.15) is 0 Å². The van der Waals surface area contributed by atoms with Crippen LogP contribution in [0.1, 0.15) is 5.69 Å². The smallest absolute Gasteiger partial charge is 0.870 e. The molecule has 0 aliphatic rings. The summed E-state index contributed by atoms with van der Waals surface area (Å²) in [7, 11) is -4.78. The first-order valence-corrected chi connectivity index (χ1v) is 9.27. The summed E-state index contributed by atoms with van der Waals surface area (Å²) in [5.41, 5.74) is -0.0370. The predicted molar refractivity (Wildman–Crippen MR) is 96.0 cm³/mol. The minimum absolute atomic E-state index is 0. The predicted octanol–water partition coefficient (Wildman–Crippen LogP) is -0.133. The number of hydrogen-bond acceptors (Lipinski definition) is 6. The van der Waals surface area contributed by atoms with Crippen molar-refractivity contribution in [2.24, 2.45) is 10.2 Å². The van der Waals surface area contributed by atoms with Crippen molar-refractivity contribution < 1.29 is 47.6 Å². The van der Waals surface area contributed by atoms with Crippen LogP contribution in [0.3, 0.4) is 0 Å². The van der Waals surface area contributed by atoms with Gasteiger partial charge in [0.2, 0.25) is 0 Å². The van der Waals surface area contributed by atoms with E-state index in [0.717, 1.165) is 12.1 Å². The topological polar surface area (TPSA) is 140 Å². The zero-order valence-corrected chi connectivity index (χ0v) is 18.3. The van der Waals surface area contributed by atoms with E-state index in [4.69, 9.17) is 16.2 Å². The van der Waals surface area contributed by atoms with Crippen molar-refractivity contribution in [3.05, 3.63) is 63.5 Å². The molecule has 0 saturated carbocycles. The molecule has 1 heterocycles. The number of rotatable bonds is 4. The zero-order valence-electron chi connectivity index (χ0n) is 14.7. The first-order valence-electron chi connectivity index (χ1n) is 7.45. The van der Waals surface area contributed by atoms with E-state index in [1.54, 1.807) is 37.3 Å². The van der Waals surface area contributed by atoms with Gasteiger partial charge in [0.15, 0.2) is 5.69 Å². The number of aryl methyl sites for hydroxylation is 1. The van der Waals surface area contributed by atoms with Gasteiger partial charge in [-0.1, -0.05) is 35.5 Å². The average molecular weight is 431 g/mol. The fraction of sp³-hybridized carbons (Fsp3) is 0.0625. The van der Waals surface area contributed by atoms with Crippen LogP contribution in [0, 0.1) is 6.92 Å². The van der Waals surface area contributed by atoms with Crippen LogP contribution in [-0.4, -0.2) is 22.8 Å². The molecule has 0 spiro atoms. The molecule has 0 aliphatic carbocycles. The molecule has 28 heavy (non-hydrogen) atoms. The third-order valence-electron chi connectivity index (χ3n) is 3.59. The minimum Gasteiger partial charge on any atom is -0.870 e. The molecule has 2 aromatic carbocycles. The van der Waals surface area contributed by atoms with Gasteiger partial charge in [-0.25, -0.2) is 4.68 Å². The van der Waals surface area contributed by atoms with Crippen LogP contribution < -0.4 is 40.2 Å². The number of aromatic amines is 1. The second kappa shape index (κ2) is 8.60. The fourth-order valence-electron chi connectivity index (χ4n) is 2.34. The van der Waals surface area contributed by atoms with Gasteiger partial charge in [0.05, 0.1) is 22.0 Å². The maximum atomic E-state index is 12.5. The van der Waals surface area contributed by atoms with Crippen LogP contribution >= 0.6 is 11.6 Å². The molecule has 140 valence electrons. The molecule has 0 saturated heterocycles. The van der Waals surface area contributed by atoms with E-state index in [2.05, 4.69) is 15.3 Å². The Morgan fingerprint density at radius 3 is 2.43 bits per heavy atom. The van der Waals surface area contributed by atoms with Crippen molar-refractivity contribution in [2.75, 3.05) is 0 Å². The van der Waals surface area contributed by atoms with Crippen LogP contribution in [0.5, 0.6) is 5.75 Å². The van der Waals surface area contributed by atoms with E-state index in [0.29, 0.717) is 11.4 Å². The van der Waals surface area contributed by atoms with E-state index in [-0.39, 0.29) is 40.3 Å². The Labute approximate surface area is 186 Å². The molecule has 1 aromatic heterocycles. The van der Waals surface area contributed by atoms with Gasteiger partial charge < -0.3 is 5.11 Å². The van der Waals surface area contributed by atoms with Crippen molar-refractivity contribution in [3.8, 4) is 11.4 Å². The van der Waals surface area contributed by atoms with Crippen LogP contribution in [0.25, 0.3) is 5.69 Å². The molecular formula is C16H12ClN4NaO5S. The van der Waals surface area contributed by atoms with Crippen LogP contribution in [-0.2, 0) is 10.1 Å². The SMILES string of the molecule is Cc1[nH]n(-c2ccccc2)c(=O)c1N=Nc1cc(Cl)cc(S(=O)(=O)O)c1[O-].[Na+]. The molecule has 0 unspecified atom stereocenters. The maximum absolute atomic E-state index is 12.5. The molecule has 0 amide bonds. The molecule has 12 heteroatoms. The number of azo groups is 1. The molecule has 3 aromatic rings. The standard InChI is InChI=1S/C16H13ClN4O5S.Na/c1-9-14(16(23)21(20-9)11-5-3-2-4-6-11)19-18-12-7-10(17)8-13(15(12)22)27(24,25)26;/h2-8,20,22H,1H3,(H,24,25,26);/q;+1/p-1. The number of nitrogens with one attached hydrogen (secondary N) is 1. The molecule has 0 atom stereocenters. The van der Waals surface area contributed by atoms with Crippen LogP contribution in [0.4, 0.5) is 11.4 Å². The summed E-state index contributed by atoms with van der Waals surface area (Å²) in [4.78, 5) is 11.6. The van der Waals surface area contributed by atoms with Crippen molar-refractivity contribution in [1.82, 2.24) is 9.78 Å². The number of halogens is 1. The second-order valence-electron chi connectivity index (χ2n) is 5.49. The summed E-state index contributed by atoms with van der Waals surface area (Å²) in [5.74, 6) is -1.08. The molecule has 0 radical (unpaired) electrons. The largest absolute Gasteiger partial charge is 1.00 e. The molecule has 3 rings (SSSR count). The number of nitrogens with zero attached hydrogens (tertiary/aromatic N) is 3. The second-order valence-corrected chi connectivity index (χ2v) is 7.32. The van der Waals surface area contributed by atoms with E-state index >= 15 is 0 Å². The van der Waals surface area contributed by atoms with Gasteiger partial charge in [-0.2, -0.15) is 13.5 Å². The molecule has 0 bridgehead atoms. The number of hydrogen-bond donors (Lipinski definition) is 2. The summed E-state index contributed by atoms with van der Waals surface area (Å²) >= 11 is 5.77. The van der Waals surface area contributed by atoms with Crippen molar-refractivity contribution in [3.63, 3.8) is 0 Å². The minimum atomic E-state index is -4.78. The number of aromatic nitrogens is 2. The van der Waals surface area contributed by atoms with Crippen molar-refractivity contribution in [1.29, 1.82) is 0 Å². The number of benzene rings is 2. The number of H-pyrrole nitrogens is 1. The summed E-state index contributed by atoms with van der Waals surface area (Å²) in [6, 6.07) is 10.6.